The van der Waals surface area contributed by atoms with Gasteiger partial charge >= 0.3 is 12.1 Å². The second-order valence-electron chi connectivity index (χ2n) is 4.78. The predicted octanol–water partition coefficient (Wildman–Crippen LogP) is 2.40. The smallest absolute Gasteiger partial charge is 0.412 e. The normalized spacial score (nSPS) is 12.8. The van der Waals surface area contributed by atoms with Gasteiger partial charge < -0.3 is 14.4 Å². The molecule has 100 valence electrons. The van der Waals surface area contributed by atoms with Gasteiger partial charge in [0.25, 0.3) is 0 Å². The first-order valence-electron chi connectivity index (χ1n) is 5.89. The van der Waals surface area contributed by atoms with Gasteiger partial charge in [-0.1, -0.05) is 0 Å². The molecule has 0 aliphatic carbocycles. The van der Waals surface area contributed by atoms with Crippen molar-refractivity contribution in [2.45, 2.75) is 47.8 Å². The molecule has 0 N–H and O–H groups in total. The minimum absolute atomic E-state index is 0.391. The van der Waals surface area contributed by atoms with Gasteiger partial charge in [0.15, 0.2) is 0 Å². The summed E-state index contributed by atoms with van der Waals surface area (Å²) in [7, 11) is 0. The molecule has 0 aromatic rings. The maximum absolute atomic E-state index is 11.6. The van der Waals surface area contributed by atoms with Crippen molar-refractivity contribution in [2.75, 3.05) is 13.1 Å². The maximum Gasteiger partial charge on any atom is 0.412 e. The highest BCUT2D eigenvalue weighted by Crippen LogP contribution is 2.16. The highest BCUT2D eigenvalue weighted by atomic mass is 16.7. The molecule has 0 aliphatic rings. The van der Waals surface area contributed by atoms with Crippen molar-refractivity contribution in [2.24, 2.45) is 5.41 Å². The summed E-state index contributed by atoms with van der Waals surface area (Å²) < 4.78 is 10.0. The molecule has 0 saturated heterocycles. The molecule has 0 radical (unpaired) electrons. The molecule has 0 fully saturated rings. The SMILES string of the molecule is CCN(CC)C(=O)OC(C)OC(=O)C(C)(C)C. The minimum Gasteiger partial charge on any atom is -0.425 e. The van der Waals surface area contributed by atoms with E-state index in [1.54, 1.807) is 20.8 Å². The number of hydrogen-bond acceptors (Lipinski definition) is 4. The number of hydrogen-bond donors (Lipinski definition) is 0. The van der Waals surface area contributed by atoms with Crippen molar-refractivity contribution >= 4 is 12.1 Å². The predicted molar refractivity (Wildman–Crippen MR) is 64.4 cm³/mol. The van der Waals surface area contributed by atoms with Gasteiger partial charge in [-0.25, -0.2) is 4.79 Å². The molecule has 0 heterocycles. The van der Waals surface area contributed by atoms with Gasteiger partial charge in [0.1, 0.15) is 0 Å². The van der Waals surface area contributed by atoms with Gasteiger partial charge in [0.05, 0.1) is 5.41 Å². The average Bonchev–Trinajstić information content (AvgIpc) is 2.17. The molecule has 0 bridgehead atoms. The van der Waals surface area contributed by atoms with Crippen LogP contribution >= 0.6 is 0 Å². The Morgan fingerprint density at radius 2 is 1.59 bits per heavy atom. The van der Waals surface area contributed by atoms with Crippen LogP contribution in [0.3, 0.4) is 0 Å². The maximum atomic E-state index is 11.6. The van der Waals surface area contributed by atoms with Crippen molar-refractivity contribution < 1.29 is 19.1 Å². The van der Waals surface area contributed by atoms with Crippen molar-refractivity contribution in [3.05, 3.63) is 0 Å². The molecule has 0 saturated carbocycles. The molecule has 17 heavy (non-hydrogen) atoms. The van der Waals surface area contributed by atoms with Crippen LogP contribution in [0.5, 0.6) is 0 Å². The van der Waals surface area contributed by atoms with Crippen LogP contribution < -0.4 is 0 Å². The van der Waals surface area contributed by atoms with E-state index < -0.39 is 23.8 Å². The zero-order valence-corrected chi connectivity index (χ0v) is 11.6. The number of amides is 1. The van der Waals surface area contributed by atoms with Crippen LogP contribution in [0.15, 0.2) is 0 Å². The summed E-state index contributed by atoms with van der Waals surface area (Å²) in [4.78, 5) is 24.6. The number of carbonyl (C=O) groups is 2. The molecule has 0 aromatic carbocycles. The molecule has 0 rings (SSSR count). The second kappa shape index (κ2) is 6.47. The Bertz CT molecular complexity index is 266. The molecule has 0 aromatic heterocycles. The van der Waals surface area contributed by atoms with E-state index in [4.69, 9.17) is 9.47 Å². The zero-order valence-electron chi connectivity index (χ0n) is 11.6. The molecule has 5 heteroatoms. The van der Waals surface area contributed by atoms with Crippen LogP contribution in [0, 0.1) is 5.41 Å². The lowest BCUT2D eigenvalue weighted by Crippen LogP contribution is -2.36. The van der Waals surface area contributed by atoms with Crippen molar-refractivity contribution in [3.8, 4) is 0 Å². The first-order chi connectivity index (χ1) is 7.72. The average molecular weight is 245 g/mol. The van der Waals surface area contributed by atoms with Gasteiger partial charge in [-0.2, -0.15) is 0 Å². The monoisotopic (exact) mass is 245 g/mol. The van der Waals surface area contributed by atoms with Gasteiger partial charge in [-0.3, -0.25) is 4.79 Å². The van der Waals surface area contributed by atoms with E-state index in [1.807, 2.05) is 13.8 Å². The number of ether oxygens (including phenoxy) is 2. The lowest BCUT2D eigenvalue weighted by atomic mass is 9.97. The fraction of sp³-hybridized carbons (Fsp3) is 0.833. The molecule has 1 amide bonds. The topological polar surface area (TPSA) is 55.8 Å². The van der Waals surface area contributed by atoms with Crippen molar-refractivity contribution in [3.63, 3.8) is 0 Å². The highest BCUT2D eigenvalue weighted by Gasteiger charge is 2.26. The first kappa shape index (κ1) is 15.7. The van der Waals surface area contributed by atoms with Crippen LogP contribution in [-0.2, 0) is 14.3 Å². The molecule has 0 aliphatic heterocycles. The summed E-state index contributed by atoms with van der Waals surface area (Å²) >= 11 is 0. The third kappa shape index (κ3) is 5.56. The minimum atomic E-state index is -0.866. The third-order valence-corrected chi connectivity index (χ3v) is 2.17. The summed E-state index contributed by atoms with van der Waals surface area (Å²) in [5.74, 6) is -0.391. The summed E-state index contributed by atoms with van der Waals surface area (Å²) in [6, 6.07) is 0. The zero-order chi connectivity index (χ0) is 13.6. The molecule has 0 spiro atoms. The largest absolute Gasteiger partial charge is 0.425 e. The Morgan fingerprint density at radius 1 is 1.12 bits per heavy atom. The van der Waals surface area contributed by atoms with E-state index >= 15 is 0 Å². The van der Waals surface area contributed by atoms with Crippen LogP contribution in [0.4, 0.5) is 4.79 Å². The first-order valence-corrected chi connectivity index (χ1v) is 5.89. The van der Waals surface area contributed by atoms with Gasteiger partial charge in [-0.05, 0) is 34.6 Å². The van der Waals surface area contributed by atoms with E-state index in [1.165, 1.54) is 11.8 Å². The Balaban J connectivity index is 4.23. The summed E-state index contributed by atoms with van der Waals surface area (Å²) in [5.41, 5.74) is -0.601. The number of esters is 1. The number of rotatable bonds is 4. The summed E-state index contributed by atoms with van der Waals surface area (Å²) in [6.07, 6.45) is -1.33. The Morgan fingerprint density at radius 3 is 1.94 bits per heavy atom. The highest BCUT2D eigenvalue weighted by molar-refractivity contribution is 5.75. The van der Waals surface area contributed by atoms with Crippen molar-refractivity contribution in [1.29, 1.82) is 0 Å². The van der Waals surface area contributed by atoms with Gasteiger partial charge in [0, 0.05) is 20.0 Å². The standard InChI is InChI=1S/C12H23NO4/c1-7-13(8-2)11(15)17-9(3)16-10(14)12(4,5)6/h9H,7-8H2,1-6H3. The van der Waals surface area contributed by atoms with E-state index in [-0.39, 0.29) is 0 Å². The van der Waals surface area contributed by atoms with Gasteiger partial charge in [0.2, 0.25) is 6.29 Å². The summed E-state index contributed by atoms with van der Waals surface area (Å²) in [5, 5.41) is 0. The quantitative estimate of drug-likeness (QED) is 0.563. The molecular formula is C12H23NO4. The fourth-order valence-corrected chi connectivity index (χ4v) is 1.05. The van der Waals surface area contributed by atoms with Crippen LogP contribution in [0.25, 0.3) is 0 Å². The van der Waals surface area contributed by atoms with Crippen LogP contribution in [0.1, 0.15) is 41.5 Å². The number of carbonyl (C=O) groups excluding carboxylic acids is 2. The van der Waals surface area contributed by atoms with Crippen LogP contribution in [0.2, 0.25) is 0 Å². The molecular weight excluding hydrogens is 222 g/mol. The molecule has 1 unspecified atom stereocenters. The van der Waals surface area contributed by atoms with Crippen LogP contribution in [-0.4, -0.2) is 36.3 Å². The summed E-state index contributed by atoms with van der Waals surface area (Å²) in [6.45, 7) is 11.6. The number of nitrogens with zero attached hydrogens (tertiary/aromatic N) is 1. The third-order valence-electron chi connectivity index (χ3n) is 2.17. The van der Waals surface area contributed by atoms with E-state index in [9.17, 15) is 9.59 Å². The molecule has 1 atom stereocenters. The lowest BCUT2D eigenvalue weighted by Gasteiger charge is -2.23. The Kier molecular flexibility index (Phi) is 5.99. The Hall–Kier alpha value is -1.26. The van der Waals surface area contributed by atoms with E-state index in [2.05, 4.69) is 0 Å². The fourth-order valence-electron chi connectivity index (χ4n) is 1.05. The second-order valence-corrected chi connectivity index (χ2v) is 4.78. The lowest BCUT2D eigenvalue weighted by molar-refractivity contribution is -0.175. The Labute approximate surface area is 103 Å². The van der Waals surface area contributed by atoms with Crippen molar-refractivity contribution in [1.82, 2.24) is 4.90 Å². The van der Waals surface area contributed by atoms with E-state index in [0.29, 0.717) is 13.1 Å². The van der Waals surface area contributed by atoms with Gasteiger partial charge in [-0.15, -0.1) is 0 Å². The van der Waals surface area contributed by atoms with E-state index in [0.717, 1.165) is 0 Å². The molecule has 5 nitrogen and oxygen atoms in total.